The molecule has 3 unspecified atom stereocenters. The molecule has 2 aliphatic rings. The van der Waals surface area contributed by atoms with Crippen LogP contribution in [0.4, 0.5) is 0 Å². The zero-order valence-corrected chi connectivity index (χ0v) is 14.1. The van der Waals surface area contributed by atoms with Crippen molar-refractivity contribution in [3.05, 3.63) is 0 Å². The van der Waals surface area contributed by atoms with Crippen LogP contribution in [0.2, 0.25) is 0 Å². The lowest BCUT2D eigenvalue weighted by atomic mass is 9.78. The van der Waals surface area contributed by atoms with Gasteiger partial charge in [0.05, 0.1) is 0 Å². The van der Waals surface area contributed by atoms with Gasteiger partial charge >= 0.3 is 0 Å². The molecule has 2 heterocycles. The highest BCUT2D eigenvalue weighted by atomic mass is 15.2. The first-order chi connectivity index (χ1) is 9.85. The van der Waals surface area contributed by atoms with E-state index in [1.54, 1.807) is 6.42 Å². The van der Waals surface area contributed by atoms with E-state index in [1.165, 1.54) is 83.7 Å². The third kappa shape index (κ3) is 4.76. The minimum Gasteiger partial charge on any atom is -0.300 e. The monoisotopic (exact) mass is 279 g/mol. The van der Waals surface area contributed by atoms with E-state index in [-0.39, 0.29) is 0 Å². The van der Waals surface area contributed by atoms with Crippen molar-refractivity contribution in [1.29, 1.82) is 0 Å². The van der Waals surface area contributed by atoms with Crippen LogP contribution in [-0.4, -0.2) is 24.0 Å². The van der Waals surface area contributed by atoms with Crippen LogP contribution in [0.15, 0.2) is 0 Å². The average Bonchev–Trinajstić information content (AvgIpc) is 2.92. The van der Waals surface area contributed by atoms with Crippen molar-refractivity contribution in [2.24, 2.45) is 11.8 Å². The molecule has 3 atom stereocenters. The Balaban J connectivity index is 1.77. The summed E-state index contributed by atoms with van der Waals surface area (Å²) < 4.78 is 0. The highest BCUT2D eigenvalue weighted by molar-refractivity contribution is 4.91. The molecule has 0 aliphatic carbocycles. The Labute approximate surface area is 127 Å². The summed E-state index contributed by atoms with van der Waals surface area (Å²) in [6.45, 7) is 7.48. The number of nitrogens with zero attached hydrogens (tertiary/aromatic N) is 1. The molecule has 0 aromatic rings. The molecule has 20 heavy (non-hydrogen) atoms. The number of piperidine rings is 1. The topological polar surface area (TPSA) is 3.24 Å². The van der Waals surface area contributed by atoms with Gasteiger partial charge in [-0.05, 0) is 50.5 Å². The van der Waals surface area contributed by atoms with Crippen LogP contribution >= 0.6 is 0 Å². The molecule has 0 N–H and O–H groups in total. The van der Waals surface area contributed by atoms with E-state index >= 15 is 0 Å². The van der Waals surface area contributed by atoms with Crippen molar-refractivity contribution < 1.29 is 0 Å². The lowest BCUT2D eigenvalue weighted by Crippen LogP contribution is -2.44. The van der Waals surface area contributed by atoms with Crippen molar-refractivity contribution in [3.63, 3.8) is 0 Å². The standard InChI is InChI=1S/C19H37N/c1-3-5-7-9-12-18-15-17(11-8-6-4-2)16-20-14-10-13-19(18)20/h17-19H,3-16H2,1-2H3. The lowest BCUT2D eigenvalue weighted by Gasteiger charge is -2.41. The first-order valence-corrected chi connectivity index (χ1v) is 9.59. The molecule has 2 saturated heterocycles. The largest absolute Gasteiger partial charge is 0.300 e. The van der Waals surface area contributed by atoms with E-state index in [4.69, 9.17) is 0 Å². The first-order valence-electron chi connectivity index (χ1n) is 9.59. The molecule has 0 radical (unpaired) electrons. The second-order valence-electron chi connectivity index (χ2n) is 7.41. The Kier molecular flexibility index (Phi) is 7.41. The molecule has 0 aromatic carbocycles. The van der Waals surface area contributed by atoms with E-state index < -0.39 is 0 Å². The van der Waals surface area contributed by atoms with Crippen LogP contribution in [0.1, 0.15) is 90.9 Å². The van der Waals surface area contributed by atoms with Gasteiger partial charge in [0.2, 0.25) is 0 Å². The highest BCUT2D eigenvalue weighted by Gasteiger charge is 2.37. The number of unbranched alkanes of at least 4 members (excludes halogenated alkanes) is 5. The fourth-order valence-corrected chi connectivity index (χ4v) is 4.64. The Morgan fingerprint density at radius 2 is 1.65 bits per heavy atom. The number of hydrogen-bond donors (Lipinski definition) is 0. The molecular formula is C19H37N. The summed E-state index contributed by atoms with van der Waals surface area (Å²) in [5.74, 6) is 2.06. The maximum absolute atomic E-state index is 2.87. The summed E-state index contributed by atoms with van der Waals surface area (Å²) in [6.07, 6.45) is 17.6. The minimum absolute atomic E-state index is 0.971. The van der Waals surface area contributed by atoms with Crippen LogP contribution in [0.5, 0.6) is 0 Å². The van der Waals surface area contributed by atoms with Crippen LogP contribution in [-0.2, 0) is 0 Å². The fourth-order valence-electron chi connectivity index (χ4n) is 4.64. The van der Waals surface area contributed by atoms with E-state index in [0.29, 0.717) is 0 Å². The zero-order valence-electron chi connectivity index (χ0n) is 14.1. The summed E-state index contributed by atoms with van der Waals surface area (Å²) >= 11 is 0. The minimum atomic E-state index is 0.971. The molecule has 0 saturated carbocycles. The van der Waals surface area contributed by atoms with Gasteiger partial charge in [-0.1, -0.05) is 58.8 Å². The normalized spacial score (nSPS) is 30.6. The molecule has 118 valence electrons. The summed E-state index contributed by atoms with van der Waals surface area (Å²) in [5.41, 5.74) is 0. The summed E-state index contributed by atoms with van der Waals surface area (Å²) in [5, 5.41) is 0. The van der Waals surface area contributed by atoms with Crippen molar-refractivity contribution in [2.75, 3.05) is 13.1 Å². The molecule has 0 bridgehead atoms. The van der Waals surface area contributed by atoms with Gasteiger partial charge in [0.1, 0.15) is 0 Å². The third-order valence-electron chi connectivity index (χ3n) is 5.73. The van der Waals surface area contributed by atoms with Crippen molar-refractivity contribution in [2.45, 2.75) is 96.9 Å². The number of fused-ring (bicyclic) bond motifs is 1. The van der Waals surface area contributed by atoms with Crippen LogP contribution in [0.25, 0.3) is 0 Å². The third-order valence-corrected chi connectivity index (χ3v) is 5.73. The van der Waals surface area contributed by atoms with Crippen molar-refractivity contribution in [3.8, 4) is 0 Å². The molecule has 2 fully saturated rings. The second-order valence-corrected chi connectivity index (χ2v) is 7.41. The number of rotatable bonds is 9. The fraction of sp³-hybridized carbons (Fsp3) is 1.00. The Morgan fingerprint density at radius 1 is 0.900 bits per heavy atom. The van der Waals surface area contributed by atoms with Gasteiger partial charge in [-0.15, -0.1) is 0 Å². The van der Waals surface area contributed by atoms with Gasteiger partial charge in [-0.25, -0.2) is 0 Å². The van der Waals surface area contributed by atoms with Crippen molar-refractivity contribution in [1.82, 2.24) is 4.90 Å². The second kappa shape index (κ2) is 9.07. The van der Waals surface area contributed by atoms with E-state index in [2.05, 4.69) is 18.7 Å². The zero-order chi connectivity index (χ0) is 14.2. The number of hydrogen-bond acceptors (Lipinski definition) is 1. The predicted molar refractivity (Wildman–Crippen MR) is 89.1 cm³/mol. The van der Waals surface area contributed by atoms with Crippen LogP contribution in [0.3, 0.4) is 0 Å². The summed E-state index contributed by atoms with van der Waals surface area (Å²) in [6, 6.07) is 0.971. The van der Waals surface area contributed by atoms with Gasteiger partial charge < -0.3 is 0 Å². The molecule has 0 aromatic heterocycles. The van der Waals surface area contributed by atoms with Gasteiger partial charge in [-0.2, -0.15) is 0 Å². The highest BCUT2D eigenvalue weighted by Crippen LogP contribution is 2.38. The van der Waals surface area contributed by atoms with E-state index in [0.717, 1.165) is 17.9 Å². The van der Waals surface area contributed by atoms with Gasteiger partial charge in [0.15, 0.2) is 0 Å². The molecule has 1 nitrogen and oxygen atoms in total. The average molecular weight is 280 g/mol. The van der Waals surface area contributed by atoms with E-state index in [9.17, 15) is 0 Å². The Bertz CT molecular complexity index is 250. The molecule has 0 amide bonds. The smallest absolute Gasteiger partial charge is 0.0124 e. The Morgan fingerprint density at radius 3 is 2.45 bits per heavy atom. The van der Waals surface area contributed by atoms with E-state index in [1.807, 2.05) is 0 Å². The van der Waals surface area contributed by atoms with Crippen LogP contribution in [0, 0.1) is 11.8 Å². The molecule has 1 heteroatoms. The predicted octanol–water partition coefficient (Wildman–Crippen LogP) is 5.64. The lowest BCUT2D eigenvalue weighted by molar-refractivity contribution is 0.0776. The van der Waals surface area contributed by atoms with Gasteiger partial charge in [0, 0.05) is 12.6 Å². The first kappa shape index (κ1) is 16.3. The summed E-state index contributed by atoms with van der Waals surface area (Å²) in [4.78, 5) is 2.87. The molecule has 2 aliphatic heterocycles. The van der Waals surface area contributed by atoms with Gasteiger partial charge in [0.25, 0.3) is 0 Å². The SMILES string of the molecule is CCCCCCC1CC(CCCCC)CN2CCCC12. The van der Waals surface area contributed by atoms with Gasteiger partial charge in [-0.3, -0.25) is 4.90 Å². The Hall–Kier alpha value is -0.0400. The summed E-state index contributed by atoms with van der Waals surface area (Å²) in [7, 11) is 0. The molecular weight excluding hydrogens is 242 g/mol. The maximum Gasteiger partial charge on any atom is 0.0124 e. The van der Waals surface area contributed by atoms with Crippen LogP contribution < -0.4 is 0 Å². The maximum atomic E-state index is 2.87. The molecule has 2 rings (SSSR count). The quantitative estimate of drug-likeness (QED) is 0.494. The molecule has 0 spiro atoms. The van der Waals surface area contributed by atoms with Crippen molar-refractivity contribution >= 4 is 0 Å².